The van der Waals surface area contributed by atoms with E-state index < -0.39 is 11.9 Å². The normalized spacial score (nSPS) is 11.6. The van der Waals surface area contributed by atoms with Crippen molar-refractivity contribution >= 4 is 40.7 Å². The number of rotatable bonds is 6. The molecule has 0 aromatic heterocycles. The molecule has 1 atom stereocenters. The first-order valence-electron chi connectivity index (χ1n) is 8.91. The lowest BCUT2D eigenvalue weighted by molar-refractivity contribution is -0.119. The number of hydrogen-bond donors (Lipinski definition) is 2. The Hall–Kier alpha value is -2.86. The van der Waals surface area contributed by atoms with Crippen molar-refractivity contribution < 1.29 is 14.4 Å². The van der Waals surface area contributed by atoms with E-state index in [1.165, 1.54) is 11.8 Å². The smallest absolute Gasteiger partial charge is 0.253 e. The predicted molar refractivity (Wildman–Crippen MR) is 112 cm³/mol. The zero-order valence-corrected chi connectivity index (χ0v) is 17.1. The summed E-state index contributed by atoms with van der Waals surface area (Å²) in [4.78, 5) is 38.1. The number of nitrogens with zero attached hydrogens (tertiary/aromatic N) is 1. The lowest BCUT2D eigenvalue weighted by Crippen LogP contribution is -2.47. The standard InChI is InChI=1S/C21H24ClN3O3/c1-13(2)19(24-20(27)17-7-5-6-8-18(17)22)21(28)23-15-9-11-16(12-10-15)25(4)14(3)26/h5-13,19H,1-4H3,(H,23,28)(H,24,27). The highest BCUT2D eigenvalue weighted by Gasteiger charge is 2.25. The fourth-order valence-corrected chi connectivity index (χ4v) is 2.79. The van der Waals surface area contributed by atoms with Crippen molar-refractivity contribution in [2.45, 2.75) is 26.8 Å². The van der Waals surface area contributed by atoms with Crippen molar-refractivity contribution in [2.24, 2.45) is 5.92 Å². The van der Waals surface area contributed by atoms with Gasteiger partial charge in [0.2, 0.25) is 11.8 Å². The first kappa shape index (κ1) is 21.4. The third-order valence-corrected chi connectivity index (χ3v) is 4.68. The second-order valence-electron chi connectivity index (χ2n) is 6.79. The van der Waals surface area contributed by atoms with E-state index in [1.807, 2.05) is 13.8 Å². The van der Waals surface area contributed by atoms with Crippen LogP contribution in [0.25, 0.3) is 0 Å². The Morgan fingerprint density at radius 1 is 1.00 bits per heavy atom. The Kier molecular flexibility index (Phi) is 7.18. The van der Waals surface area contributed by atoms with E-state index in [0.29, 0.717) is 16.3 Å². The average molecular weight is 402 g/mol. The lowest BCUT2D eigenvalue weighted by Gasteiger charge is -2.22. The minimum absolute atomic E-state index is 0.0843. The molecule has 0 aliphatic carbocycles. The molecule has 0 aliphatic heterocycles. The van der Waals surface area contributed by atoms with Crippen molar-refractivity contribution in [2.75, 3.05) is 17.3 Å². The zero-order chi connectivity index (χ0) is 20.8. The molecule has 6 nitrogen and oxygen atoms in total. The Morgan fingerprint density at radius 2 is 1.61 bits per heavy atom. The summed E-state index contributed by atoms with van der Waals surface area (Å²) in [6.45, 7) is 5.18. The first-order chi connectivity index (χ1) is 13.2. The van der Waals surface area contributed by atoms with Gasteiger partial charge in [0, 0.05) is 25.3 Å². The van der Waals surface area contributed by atoms with E-state index in [1.54, 1.807) is 55.6 Å². The van der Waals surface area contributed by atoms with Gasteiger partial charge >= 0.3 is 0 Å². The summed E-state index contributed by atoms with van der Waals surface area (Å²) >= 11 is 6.06. The molecule has 2 rings (SSSR count). The molecule has 1 unspecified atom stereocenters. The molecule has 0 saturated carbocycles. The van der Waals surface area contributed by atoms with E-state index in [4.69, 9.17) is 11.6 Å². The van der Waals surface area contributed by atoms with Crippen LogP contribution in [0.3, 0.4) is 0 Å². The molecule has 0 aliphatic rings. The molecular formula is C21H24ClN3O3. The molecule has 2 aromatic carbocycles. The van der Waals surface area contributed by atoms with E-state index in [2.05, 4.69) is 10.6 Å². The third kappa shape index (κ3) is 5.33. The minimum Gasteiger partial charge on any atom is -0.340 e. The molecule has 0 saturated heterocycles. The number of nitrogens with one attached hydrogen (secondary N) is 2. The van der Waals surface area contributed by atoms with Crippen LogP contribution in [0, 0.1) is 5.92 Å². The van der Waals surface area contributed by atoms with Crippen LogP contribution in [-0.4, -0.2) is 30.8 Å². The number of benzene rings is 2. The monoisotopic (exact) mass is 401 g/mol. The molecule has 0 spiro atoms. The quantitative estimate of drug-likeness (QED) is 0.774. The Balaban J connectivity index is 2.10. The highest BCUT2D eigenvalue weighted by molar-refractivity contribution is 6.33. The maximum Gasteiger partial charge on any atom is 0.253 e. The van der Waals surface area contributed by atoms with Crippen LogP contribution in [0.15, 0.2) is 48.5 Å². The van der Waals surface area contributed by atoms with Gasteiger partial charge in [-0.3, -0.25) is 14.4 Å². The van der Waals surface area contributed by atoms with Gasteiger partial charge in [0.15, 0.2) is 0 Å². The summed E-state index contributed by atoms with van der Waals surface area (Å²) in [6.07, 6.45) is 0. The van der Waals surface area contributed by atoms with Crippen molar-refractivity contribution in [3.8, 4) is 0 Å². The fourth-order valence-electron chi connectivity index (χ4n) is 2.57. The summed E-state index contributed by atoms with van der Waals surface area (Å²) in [5.41, 5.74) is 1.61. The maximum absolute atomic E-state index is 12.7. The highest BCUT2D eigenvalue weighted by atomic mass is 35.5. The van der Waals surface area contributed by atoms with Crippen LogP contribution in [0.1, 0.15) is 31.1 Å². The average Bonchev–Trinajstić information content (AvgIpc) is 2.65. The van der Waals surface area contributed by atoms with E-state index in [-0.39, 0.29) is 17.7 Å². The fraction of sp³-hybridized carbons (Fsp3) is 0.286. The van der Waals surface area contributed by atoms with Crippen LogP contribution in [0.4, 0.5) is 11.4 Å². The van der Waals surface area contributed by atoms with Crippen LogP contribution in [0.2, 0.25) is 5.02 Å². The second kappa shape index (κ2) is 9.37. The van der Waals surface area contributed by atoms with Gasteiger partial charge in [-0.25, -0.2) is 0 Å². The van der Waals surface area contributed by atoms with Crippen LogP contribution in [0.5, 0.6) is 0 Å². The van der Waals surface area contributed by atoms with Gasteiger partial charge in [-0.05, 0) is 42.3 Å². The summed E-state index contributed by atoms with van der Waals surface area (Å²) in [5.74, 6) is -0.950. The number of carbonyl (C=O) groups is 3. The number of amides is 3. The van der Waals surface area contributed by atoms with Gasteiger partial charge in [0.1, 0.15) is 6.04 Å². The molecule has 0 bridgehead atoms. The van der Waals surface area contributed by atoms with Gasteiger partial charge in [-0.1, -0.05) is 37.6 Å². The third-order valence-electron chi connectivity index (χ3n) is 4.35. The summed E-state index contributed by atoms with van der Waals surface area (Å²) in [6, 6.07) is 12.8. The molecular weight excluding hydrogens is 378 g/mol. The Morgan fingerprint density at radius 3 is 2.14 bits per heavy atom. The van der Waals surface area contributed by atoms with Gasteiger partial charge in [-0.2, -0.15) is 0 Å². The molecule has 2 N–H and O–H groups in total. The largest absolute Gasteiger partial charge is 0.340 e. The van der Waals surface area contributed by atoms with E-state index >= 15 is 0 Å². The summed E-state index contributed by atoms with van der Waals surface area (Å²) in [7, 11) is 1.68. The molecule has 3 amide bonds. The molecule has 0 radical (unpaired) electrons. The topological polar surface area (TPSA) is 78.5 Å². The van der Waals surface area contributed by atoms with Crippen molar-refractivity contribution in [1.29, 1.82) is 0 Å². The Bertz CT molecular complexity index is 865. The number of halogens is 1. The van der Waals surface area contributed by atoms with Crippen LogP contribution in [-0.2, 0) is 9.59 Å². The van der Waals surface area contributed by atoms with Gasteiger partial charge < -0.3 is 15.5 Å². The molecule has 7 heteroatoms. The molecule has 148 valence electrons. The van der Waals surface area contributed by atoms with Gasteiger partial charge in [0.25, 0.3) is 5.91 Å². The SMILES string of the molecule is CC(=O)N(C)c1ccc(NC(=O)C(NC(=O)c2ccccc2Cl)C(C)C)cc1. The van der Waals surface area contributed by atoms with Gasteiger partial charge in [-0.15, -0.1) is 0 Å². The molecule has 2 aromatic rings. The molecule has 0 heterocycles. The highest BCUT2D eigenvalue weighted by Crippen LogP contribution is 2.19. The number of carbonyl (C=O) groups excluding carboxylic acids is 3. The maximum atomic E-state index is 12.7. The van der Waals surface area contributed by atoms with E-state index in [0.717, 1.165) is 5.69 Å². The first-order valence-corrected chi connectivity index (χ1v) is 9.29. The van der Waals surface area contributed by atoms with Crippen molar-refractivity contribution in [1.82, 2.24) is 5.32 Å². The summed E-state index contributed by atoms with van der Waals surface area (Å²) < 4.78 is 0. The Labute approximate surface area is 169 Å². The zero-order valence-electron chi connectivity index (χ0n) is 16.3. The minimum atomic E-state index is -0.733. The van der Waals surface area contributed by atoms with Crippen LogP contribution < -0.4 is 15.5 Å². The van der Waals surface area contributed by atoms with Crippen LogP contribution >= 0.6 is 11.6 Å². The second-order valence-corrected chi connectivity index (χ2v) is 7.20. The molecule has 28 heavy (non-hydrogen) atoms. The predicted octanol–water partition coefficient (Wildman–Crippen LogP) is 3.72. The van der Waals surface area contributed by atoms with Crippen molar-refractivity contribution in [3.63, 3.8) is 0 Å². The van der Waals surface area contributed by atoms with E-state index in [9.17, 15) is 14.4 Å². The molecule has 0 fully saturated rings. The van der Waals surface area contributed by atoms with Crippen molar-refractivity contribution in [3.05, 3.63) is 59.1 Å². The number of hydrogen-bond acceptors (Lipinski definition) is 3. The van der Waals surface area contributed by atoms with Gasteiger partial charge in [0.05, 0.1) is 10.6 Å². The summed E-state index contributed by atoms with van der Waals surface area (Å²) in [5, 5.41) is 5.88. The lowest BCUT2D eigenvalue weighted by atomic mass is 10.0. The number of anilines is 2.